The van der Waals surface area contributed by atoms with Gasteiger partial charge in [0.05, 0.1) is 12.7 Å². The Morgan fingerprint density at radius 1 is 1.76 bits per heavy atom. The van der Waals surface area contributed by atoms with Gasteiger partial charge in [0.25, 0.3) is 0 Å². The van der Waals surface area contributed by atoms with E-state index in [1.54, 1.807) is 12.9 Å². The molecule has 96 valence electrons. The van der Waals surface area contributed by atoms with Gasteiger partial charge in [0.15, 0.2) is 0 Å². The number of carbonyl (C=O) groups excluding carboxylic acids is 1. The van der Waals surface area contributed by atoms with E-state index < -0.39 is 17.9 Å². The van der Waals surface area contributed by atoms with Crippen LogP contribution in [0.2, 0.25) is 0 Å². The highest BCUT2D eigenvalue weighted by Gasteiger charge is 2.24. The molecule has 6 nitrogen and oxygen atoms in total. The second-order valence-electron chi connectivity index (χ2n) is 4.02. The van der Waals surface area contributed by atoms with E-state index >= 15 is 0 Å². The quantitative estimate of drug-likeness (QED) is 0.489. The third kappa shape index (κ3) is 4.66. The van der Waals surface area contributed by atoms with Crippen molar-refractivity contribution in [2.45, 2.75) is 31.9 Å². The summed E-state index contributed by atoms with van der Waals surface area (Å²) in [6, 6.07) is -0.960. The summed E-state index contributed by atoms with van der Waals surface area (Å²) >= 11 is 0. The van der Waals surface area contributed by atoms with Crippen molar-refractivity contribution >= 4 is 11.9 Å². The standard InChI is InChI=1S/C11H17NO5/c1-8(4-5-13)10(11(14)15)12-17-7-9-3-2-6-16-9/h4,8-10,12H,2-3,6-7H2,1H3,(H,14,15)/t8?,9?,10-/m0/s1. The number of carbonyl (C=O) groups is 1. The number of hydroxylamine groups is 1. The highest BCUT2D eigenvalue weighted by Crippen LogP contribution is 2.12. The van der Waals surface area contributed by atoms with E-state index in [4.69, 9.17) is 14.7 Å². The lowest BCUT2D eigenvalue weighted by Crippen LogP contribution is -2.42. The molecule has 0 spiro atoms. The molecule has 1 saturated heterocycles. The van der Waals surface area contributed by atoms with Crippen LogP contribution in [-0.4, -0.2) is 42.4 Å². The highest BCUT2D eigenvalue weighted by molar-refractivity contribution is 5.74. The summed E-state index contributed by atoms with van der Waals surface area (Å²) in [6.07, 6.45) is 3.10. The largest absolute Gasteiger partial charge is 0.480 e. The SMILES string of the molecule is CC(C=C=O)[C@H](NOCC1CCCO1)C(=O)O. The van der Waals surface area contributed by atoms with Crippen molar-refractivity contribution in [3.05, 3.63) is 6.08 Å². The molecule has 0 radical (unpaired) electrons. The van der Waals surface area contributed by atoms with Gasteiger partial charge in [-0.3, -0.25) is 9.63 Å². The fourth-order valence-electron chi connectivity index (χ4n) is 1.59. The number of rotatable bonds is 7. The van der Waals surface area contributed by atoms with Crippen LogP contribution in [0.4, 0.5) is 0 Å². The summed E-state index contributed by atoms with van der Waals surface area (Å²) in [7, 11) is 0. The van der Waals surface area contributed by atoms with Crippen molar-refractivity contribution in [1.29, 1.82) is 0 Å². The summed E-state index contributed by atoms with van der Waals surface area (Å²) in [5, 5.41) is 8.94. The first-order chi connectivity index (χ1) is 8.15. The molecule has 0 aliphatic carbocycles. The van der Waals surface area contributed by atoms with Crippen molar-refractivity contribution in [3.63, 3.8) is 0 Å². The van der Waals surface area contributed by atoms with E-state index in [2.05, 4.69) is 5.48 Å². The first-order valence-electron chi connectivity index (χ1n) is 5.58. The molecule has 6 heteroatoms. The van der Waals surface area contributed by atoms with E-state index in [-0.39, 0.29) is 6.10 Å². The molecule has 2 N–H and O–H groups in total. The summed E-state index contributed by atoms with van der Waals surface area (Å²) in [4.78, 5) is 26.2. The normalized spacial score (nSPS) is 22.8. The zero-order valence-electron chi connectivity index (χ0n) is 9.72. The van der Waals surface area contributed by atoms with Crippen LogP contribution >= 0.6 is 0 Å². The molecule has 0 amide bonds. The maximum Gasteiger partial charge on any atom is 0.323 e. The van der Waals surface area contributed by atoms with Crippen LogP contribution in [-0.2, 0) is 19.2 Å². The summed E-state index contributed by atoms with van der Waals surface area (Å²) in [6.45, 7) is 2.63. The lowest BCUT2D eigenvalue weighted by atomic mass is 10.0. The van der Waals surface area contributed by atoms with E-state index in [1.807, 2.05) is 0 Å². The van der Waals surface area contributed by atoms with Gasteiger partial charge in [-0.25, -0.2) is 4.79 Å². The zero-order valence-corrected chi connectivity index (χ0v) is 9.72. The van der Waals surface area contributed by atoms with Crippen LogP contribution in [0.15, 0.2) is 6.08 Å². The van der Waals surface area contributed by atoms with E-state index in [9.17, 15) is 9.59 Å². The molecule has 2 unspecified atom stereocenters. The van der Waals surface area contributed by atoms with Gasteiger partial charge in [-0.15, -0.1) is 0 Å². The van der Waals surface area contributed by atoms with Gasteiger partial charge in [0, 0.05) is 18.6 Å². The first kappa shape index (κ1) is 13.9. The fourth-order valence-corrected chi connectivity index (χ4v) is 1.59. The molecule has 1 rings (SSSR count). The Balaban J connectivity index is 2.33. The molecule has 0 aromatic heterocycles. The van der Waals surface area contributed by atoms with Crippen molar-refractivity contribution in [2.75, 3.05) is 13.2 Å². The molecule has 0 aromatic carbocycles. The smallest absolute Gasteiger partial charge is 0.323 e. The summed E-state index contributed by atoms with van der Waals surface area (Å²) in [5.41, 5.74) is 2.44. The topological polar surface area (TPSA) is 84.9 Å². The van der Waals surface area contributed by atoms with E-state index in [0.29, 0.717) is 6.61 Å². The third-order valence-corrected chi connectivity index (χ3v) is 2.63. The Morgan fingerprint density at radius 2 is 2.53 bits per heavy atom. The molecule has 1 aliphatic rings. The van der Waals surface area contributed by atoms with Gasteiger partial charge in [-0.2, -0.15) is 5.48 Å². The van der Waals surface area contributed by atoms with Crippen molar-refractivity contribution in [2.24, 2.45) is 5.92 Å². The number of aliphatic carboxylic acids is 1. The van der Waals surface area contributed by atoms with Crippen molar-refractivity contribution < 1.29 is 24.3 Å². The first-order valence-corrected chi connectivity index (χ1v) is 5.58. The lowest BCUT2D eigenvalue weighted by Gasteiger charge is -2.18. The second-order valence-corrected chi connectivity index (χ2v) is 4.02. The Kier molecular flexibility index (Phi) is 5.86. The molecule has 1 heterocycles. The Morgan fingerprint density at radius 3 is 3.06 bits per heavy atom. The summed E-state index contributed by atoms with van der Waals surface area (Å²) < 4.78 is 5.32. The van der Waals surface area contributed by atoms with Crippen molar-refractivity contribution in [1.82, 2.24) is 5.48 Å². The van der Waals surface area contributed by atoms with Gasteiger partial charge < -0.3 is 9.84 Å². The number of carboxylic acids is 1. The lowest BCUT2D eigenvalue weighted by molar-refractivity contribution is -0.146. The van der Waals surface area contributed by atoms with E-state index in [1.165, 1.54) is 0 Å². The average molecular weight is 243 g/mol. The highest BCUT2D eigenvalue weighted by atomic mass is 16.7. The predicted octanol–water partition coefficient (Wildman–Crippen LogP) is 0.164. The molecule has 1 aliphatic heterocycles. The van der Waals surface area contributed by atoms with Gasteiger partial charge in [-0.1, -0.05) is 6.92 Å². The Hall–Kier alpha value is -1.20. The predicted molar refractivity (Wildman–Crippen MR) is 58.9 cm³/mol. The molecular weight excluding hydrogens is 226 g/mol. The van der Waals surface area contributed by atoms with Gasteiger partial charge >= 0.3 is 5.97 Å². The molecule has 0 saturated carbocycles. The number of hydrogen-bond acceptors (Lipinski definition) is 5. The van der Waals surface area contributed by atoms with E-state index in [0.717, 1.165) is 25.5 Å². The number of ether oxygens (including phenoxy) is 1. The Labute approximate surface area is 99.5 Å². The minimum atomic E-state index is -1.07. The van der Waals surface area contributed by atoms with Crippen LogP contribution in [0.5, 0.6) is 0 Å². The maximum absolute atomic E-state index is 10.9. The Bertz CT molecular complexity index is 294. The molecule has 1 fully saturated rings. The van der Waals surface area contributed by atoms with Crippen LogP contribution < -0.4 is 5.48 Å². The average Bonchev–Trinajstić information content (AvgIpc) is 2.76. The van der Waals surface area contributed by atoms with Gasteiger partial charge in [0.2, 0.25) is 0 Å². The number of carboxylic acid groups (broad SMARTS) is 1. The second kappa shape index (κ2) is 7.19. The minimum Gasteiger partial charge on any atom is -0.480 e. The third-order valence-electron chi connectivity index (χ3n) is 2.63. The van der Waals surface area contributed by atoms with Crippen LogP contribution in [0.1, 0.15) is 19.8 Å². The fraction of sp³-hybridized carbons (Fsp3) is 0.727. The maximum atomic E-state index is 10.9. The minimum absolute atomic E-state index is 0.0221. The zero-order chi connectivity index (χ0) is 12.7. The summed E-state index contributed by atoms with van der Waals surface area (Å²) in [5.74, 6) is 0.0117. The molecule has 0 aromatic rings. The number of hydrogen-bond donors (Lipinski definition) is 2. The van der Waals surface area contributed by atoms with Crippen molar-refractivity contribution in [3.8, 4) is 0 Å². The van der Waals surface area contributed by atoms with Crippen LogP contribution in [0.3, 0.4) is 0 Å². The molecule has 3 atom stereocenters. The van der Waals surface area contributed by atoms with Crippen LogP contribution in [0, 0.1) is 5.92 Å². The molecular formula is C11H17NO5. The molecule has 17 heavy (non-hydrogen) atoms. The molecule has 0 bridgehead atoms. The number of nitrogens with one attached hydrogen (secondary N) is 1. The van der Waals surface area contributed by atoms with Crippen LogP contribution in [0.25, 0.3) is 0 Å². The van der Waals surface area contributed by atoms with Gasteiger partial charge in [-0.05, 0) is 12.8 Å². The monoisotopic (exact) mass is 243 g/mol. The van der Waals surface area contributed by atoms with Gasteiger partial charge in [0.1, 0.15) is 12.0 Å².